The second kappa shape index (κ2) is 7.43. The smallest absolute Gasteiger partial charge is 0.251 e. The topological polar surface area (TPSA) is 58.2 Å². The molecule has 0 fully saturated rings. The van der Waals surface area contributed by atoms with Crippen molar-refractivity contribution in [2.75, 3.05) is 12.4 Å². The van der Waals surface area contributed by atoms with Gasteiger partial charge in [-0.3, -0.25) is 9.59 Å². The molecule has 0 aliphatic heterocycles. The number of nitrogens with one attached hydrogen (secondary N) is 2. The third kappa shape index (κ3) is 4.46. The number of anilines is 1. The highest BCUT2D eigenvalue weighted by molar-refractivity contribution is 6.30. The number of halogens is 1. The van der Waals surface area contributed by atoms with E-state index in [4.69, 9.17) is 11.6 Å². The molecule has 0 atom stereocenters. The molecule has 2 rings (SSSR count). The maximum Gasteiger partial charge on any atom is 0.251 e. The second-order valence-corrected chi connectivity index (χ2v) is 4.97. The van der Waals surface area contributed by atoms with E-state index in [2.05, 4.69) is 10.6 Å². The largest absolute Gasteiger partial charge is 0.355 e. The fourth-order valence-corrected chi connectivity index (χ4v) is 1.90. The Labute approximate surface area is 133 Å². The summed E-state index contributed by atoms with van der Waals surface area (Å²) in [6, 6.07) is 13.8. The van der Waals surface area contributed by atoms with E-state index >= 15 is 0 Å². The number of hydrogen-bond acceptors (Lipinski definition) is 2. The van der Waals surface area contributed by atoms with Crippen LogP contribution in [0.5, 0.6) is 0 Å². The van der Waals surface area contributed by atoms with E-state index in [0.717, 1.165) is 5.56 Å². The van der Waals surface area contributed by atoms with Gasteiger partial charge in [-0.2, -0.15) is 0 Å². The Hall–Kier alpha value is -2.59. The number of hydrogen-bond donors (Lipinski definition) is 2. The lowest BCUT2D eigenvalue weighted by Crippen LogP contribution is -2.17. The van der Waals surface area contributed by atoms with Crippen LogP contribution in [0.4, 0.5) is 5.69 Å². The minimum absolute atomic E-state index is 0.166. The second-order valence-electron chi connectivity index (χ2n) is 4.53. The Morgan fingerprint density at radius 3 is 2.23 bits per heavy atom. The van der Waals surface area contributed by atoms with Gasteiger partial charge in [0.2, 0.25) is 5.91 Å². The van der Waals surface area contributed by atoms with Gasteiger partial charge in [-0.05, 0) is 48.0 Å². The molecule has 2 amide bonds. The molecule has 0 aliphatic rings. The van der Waals surface area contributed by atoms with Crippen LogP contribution in [0.15, 0.2) is 54.6 Å². The molecule has 2 aromatic rings. The predicted molar refractivity (Wildman–Crippen MR) is 88.9 cm³/mol. The SMILES string of the molecule is CNC(=O)c1ccc(NC(=O)/C=C/c2ccc(Cl)cc2)cc1. The predicted octanol–water partition coefficient (Wildman–Crippen LogP) is 3.35. The summed E-state index contributed by atoms with van der Waals surface area (Å²) in [5.41, 5.74) is 2.05. The highest BCUT2D eigenvalue weighted by Gasteiger charge is 2.03. The van der Waals surface area contributed by atoms with Gasteiger partial charge in [-0.15, -0.1) is 0 Å². The first-order valence-corrected chi connectivity index (χ1v) is 7.03. The molecule has 112 valence electrons. The summed E-state index contributed by atoms with van der Waals surface area (Å²) in [5.74, 6) is -0.414. The monoisotopic (exact) mass is 314 g/mol. The van der Waals surface area contributed by atoms with Gasteiger partial charge in [0.15, 0.2) is 0 Å². The molecule has 0 aliphatic carbocycles. The first-order valence-electron chi connectivity index (χ1n) is 6.65. The normalized spacial score (nSPS) is 10.5. The van der Waals surface area contributed by atoms with Crippen LogP contribution in [0.1, 0.15) is 15.9 Å². The Kier molecular flexibility index (Phi) is 5.33. The molecule has 2 aromatic carbocycles. The zero-order chi connectivity index (χ0) is 15.9. The molecule has 4 nitrogen and oxygen atoms in total. The van der Waals surface area contributed by atoms with Crippen LogP contribution >= 0.6 is 11.6 Å². The minimum atomic E-state index is -0.248. The Balaban J connectivity index is 1.97. The average molecular weight is 315 g/mol. The Morgan fingerprint density at radius 2 is 1.64 bits per heavy atom. The minimum Gasteiger partial charge on any atom is -0.355 e. The third-order valence-corrected chi connectivity index (χ3v) is 3.19. The van der Waals surface area contributed by atoms with E-state index in [1.54, 1.807) is 49.5 Å². The Bertz CT molecular complexity index is 692. The number of rotatable bonds is 4. The number of amides is 2. The first kappa shape index (κ1) is 15.8. The van der Waals surface area contributed by atoms with Gasteiger partial charge in [-0.1, -0.05) is 23.7 Å². The van der Waals surface area contributed by atoms with Gasteiger partial charge < -0.3 is 10.6 Å². The van der Waals surface area contributed by atoms with E-state index in [9.17, 15) is 9.59 Å². The van der Waals surface area contributed by atoms with Crippen molar-refractivity contribution in [2.45, 2.75) is 0 Å². The summed E-state index contributed by atoms with van der Waals surface area (Å²) in [5, 5.41) is 5.91. The molecule has 2 N–H and O–H groups in total. The summed E-state index contributed by atoms with van der Waals surface area (Å²) in [6.07, 6.45) is 3.14. The van der Waals surface area contributed by atoms with Gasteiger partial charge >= 0.3 is 0 Å². The van der Waals surface area contributed by atoms with E-state index in [-0.39, 0.29) is 11.8 Å². The number of benzene rings is 2. The van der Waals surface area contributed by atoms with Crippen LogP contribution in [-0.4, -0.2) is 18.9 Å². The van der Waals surface area contributed by atoms with Crippen molar-refractivity contribution in [3.8, 4) is 0 Å². The van der Waals surface area contributed by atoms with E-state index < -0.39 is 0 Å². The zero-order valence-electron chi connectivity index (χ0n) is 12.0. The molecule has 0 spiro atoms. The molecular weight excluding hydrogens is 300 g/mol. The lowest BCUT2D eigenvalue weighted by Gasteiger charge is -2.04. The summed E-state index contributed by atoms with van der Waals surface area (Å²) < 4.78 is 0. The highest BCUT2D eigenvalue weighted by atomic mass is 35.5. The summed E-state index contributed by atoms with van der Waals surface area (Å²) >= 11 is 5.80. The lowest BCUT2D eigenvalue weighted by molar-refractivity contribution is -0.111. The van der Waals surface area contributed by atoms with Gasteiger partial charge in [0, 0.05) is 29.4 Å². The molecule has 0 saturated carbocycles. The van der Waals surface area contributed by atoms with Crippen molar-refractivity contribution >= 4 is 35.2 Å². The zero-order valence-corrected chi connectivity index (χ0v) is 12.7. The lowest BCUT2D eigenvalue weighted by atomic mass is 10.2. The van der Waals surface area contributed by atoms with Crippen molar-refractivity contribution in [2.24, 2.45) is 0 Å². The van der Waals surface area contributed by atoms with Crippen LogP contribution in [0, 0.1) is 0 Å². The molecule has 0 heterocycles. The molecule has 5 heteroatoms. The van der Waals surface area contributed by atoms with Gasteiger partial charge in [0.1, 0.15) is 0 Å². The van der Waals surface area contributed by atoms with Crippen LogP contribution < -0.4 is 10.6 Å². The number of carbonyl (C=O) groups excluding carboxylic acids is 2. The summed E-state index contributed by atoms with van der Waals surface area (Å²) in [4.78, 5) is 23.2. The van der Waals surface area contributed by atoms with Crippen molar-refractivity contribution in [1.82, 2.24) is 5.32 Å². The summed E-state index contributed by atoms with van der Waals surface area (Å²) in [6.45, 7) is 0. The van der Waals surface area contributed by atoms with Crippen LogP contribution in [0.3, 0.4) is 0 Å². The van der Waals surface area contributed by atoms with Gasteiger partial charge in [0.05, 0.1) is 0 Å². The van der Waals surface area contributed by atoms with Crippen molar-refractivity contribution < 1.29 is 9.59 Å². The van der Waals surface area contributed by atoms with Crippen LogP contribution in [0.2, 0.25) is 5.02 Å². The standard InChI is InChI=1S/C17H15ClN2O2/c1-19-17(22)13-5-9-15(10-6-13)20-16(21)11-4-12-2-7-14(18)8-3-12/h2-11H,1H3,(H,19,22)(H,20,21)/b11-4+. The summed E-state index contributed by atoms with van der Waals surface area (Å²) in [7, 11) is 1.57. The fraction of sp³-hybridized carbons (Fsp3) is 0.0588. The molecule has 0 bridgehead atoms. The van der Waals surface area contributed by atoms with E-state index in [0.29, 0.717) is 16.3 Å². The van der Waals surface area contributed by atoms with Crippen molar-refractivity contribution in [3.63, 3.8) is 0 Å². The van der Waals surface area contributed by atoms with Crippen molar-refractivity contribution in [1.29, 1.82) is 0 Å². The maximum absolute atomic E-state index is 11.8. The quantitative estimate of drug-likeness (QED) is 0.850. The van der Waals surface area contributed by atoms with E-state index in [1.807, 2.05) is 12.1 Å². The average Bonchev–Trinajstić information content (AvgIpc) is 2.54. The molecular formula is C17H15ClN2O2. The third-order valence-electron chi connectivity index (χ3n) is 2.94. The van der Waals surface area contributed by atoms with Gasteiger partial charge in [0.25, 0.3) is 5.91 Å². The first-order chi connectivity index (χ1) is 10.6. The number of carbonyl (C=O) groups is 2. The van der Waals surface area contributed by atoms with Gasteiger partial charge in [-0.25, -0.2) is 0 Å². The highest BCUT2D eigenvalue weighted by Crippen LogP contribution is 2.12. The molecule has 0 saturated heterocycles. The van der Waals surface area contributed by atoms with E-state index in [1.165, 1.54) is 6.08 Å². The molecule has 0 radical (unpaired) electrons. The maximum atomic E-state index is 11.8. The Morgan fingerprint density at radius 1 is 1.00 bits per heavy atom. The van der Waals surface area contributed by atoms with Crippen LogP contribution in [0.25, 0.3) is 6.08 Å². The molecule has 0 unspecified atom stereocenters. The molecule has 22 heavy (non-hydrogen) atoms. The molecule has 0 aromatic heterocycles. The van der Waals surface area contributed by atoms with Crippen LogP contribution in [-0.2, 0) is 4.79 Å². The van der Waals surface area contributed by atoms with Crippen molar-refractivity contribution in [3.05, 3.63) is 70.8 Å². The fourth-order valence-electron chi connectivity index (χ4n) is 1.78.